The Labute approximate surface area is 158 Å². The SMILES string of the molecule is CNC(=O)c1cc(C(=O)NCC(C)O)cc2c1O[C@@H](C)[C@H]2c1ccccc1. The van der Waals surface area contributed by atoms with Gasteiger partial charge in [-0.3, -0.25) is 9.59 Å². The van der Waals surface area contributed by atoms with Crippen LogP contribution in [0.25, 0.3) is 0 Å². The molecule has 2 aromatic carbocycles. The highest BCUT2D eigenvalue weighted by molar-refractivity contribution is 6.02. The molecule has 3 N–H and O–H groups in total. The minimum atomic E-state index is -0.651. The van der Waals surface area contributed by atoms with E-state index in [0.29, 0.717) is 16.9 Å². The number of hydrogen-bond acceptors (Lipinski definition) is 4. The van der Waals surface area contributed by atoms with Gasteiger partial charge in [-0.15, -0.1) is 0 Å². The smallest absolute Gasteiger partial charge is 0.254 e. The van der Waals surface area contributed by atoms with Gasteiger partial charge in [-0.2, -0.15) is 0 Å². The number of aliphatic hydroxyl groups excluding tert-OH is 1. The van der Waals surface area contributed by atoms with E-state index in [0.717, 1.165) is 11.1 Å². The van der Waals surface area contributed by atoms with Crippen LogP contribution >= 0.6 is 0 Å². The second kappa shape index (κ2) is 7.80. The number of carbonyl (C=O) groups excluding carboxylic acids is 2. The number of hydrogen-bond donors (Lipinski definition) is 3. The van der Waals surface area contributed by atoms with E-state index in [9.17, 15) is 14.7 Å². The summed E-state index contributed by atoms with van der Waals surface area (Å²) in [6.07, 6.45) is -0.816. The summed E-state index contributed by atoms with van der Waals surface area (Å²) >= 11 is 0. The Morgan fingerprint density at radius 2 is 1.89 bits per heavy atom. The van der Waals surface area contributed by atoms with Gasteiger partial charge in [0.15, 0.2) is 0 Å². The second-order valence-electron chi connectivity index (χ2n) is 6.79. The van der Waals surface area contributed by atoms with Gasteiger partial charge in [0.2, 0.25) is 0 Å². The molecule has 3 rings (SSSR count). The molecule has 0 saturated carbocycles. The predicted octanol–water partition coefficient (Wildman–Crippen LogP) is 2.07. The standard InChI is InChI=1S/C21H24N2O4/c1-12(24)11-23-20(25)15-9-16-18(14-7-5-4-6-8-14)13(2)27-19(16)17(10-15)21(26)22-3/h4-10,12-13,18,24H,11H2,1-3H3,(H,22,26)(H,23,25)/t12?,13-,18-/m0/s1. The number of fused-ring (bicyclic) bond motifs is 1. The lowest BCUT2D eigenvalue weighted by Crippen LogP contribution is -2.31. The van der Waals surface area contributed by atoms with Crippen LogP contribution in [0.1, 0.15) is 51.6 Å². The quantitative estimate of drug-likeness (QED) is 0.754. The fourth-order valence-electron chi connectivity index (χ4n) is 3.41. The Morgan fingerprint density at radius 1 is 1.19 bits per heavy atom. The van der Waals surface area contributed by atoms with E-state index in [-0.39, 0.29) is 30.4 Å². The van der Waals surface area contributed by atoms with Crippen molar-refractivity contribution in [2.75, 3.05) is 13.6 Å². The van der Waals surface area contributed by atoms with Crippen molar-refractivity contribution >= 4 is 11.8 Å². The van der Waals surface area contributed by atoms with E-state index in [4.69, 9.17) is 4.74 Å². The van der Waals surface area contributed by atoms with Gasteiger partial charge in [0.05, 0.1) is 11.7 Å². The molecule has 1 heterocycles. The average Bonchev–Trinajstić information content (AvgIpc) is 3.00. The molecule has 142 valence electrons. The average molecular weight is 368 g/mol. The summed E-state index contributed by atoms with van der Waals surface area (Å²) in [6.45, 7) is 3.69. The zero-order chi connectivity index (χ0) is 19.6. The molecule has 0 spiro atoms. The number of aliphatic hydroxyl groups is 1. The van der Waals surface area contributed by atoms with Gasteiger partial charge >= 0.3 is 0 Å². The van der Waals surface area contributed by atoms with Crippen LogP contribution in [0.2, 0.25) is 0 Å². The number of ether oxygens (including phenoxy) is 1. The number of carbonyl (C=O) groups is 2. The third kappa shape index (κ3) is 3.80. The molecule has 2 aromatic rings. The largest absolute Gasteiger partial charge is 0.489 e. The summed E-state index contributed by atoms with van der Waals surface area (Å²) in [6, 6.07) is 13.2. The van der Waals surface area contributed by atoms with Crippen LogP contribution in [0.15, 0.2) is 42.5 Å². The summed E-state index contributed by atoms with van der Waals surface area (Å²) < 4.78 is 6.03. The fraction of sp³-hybridized carbons (Fsp3) is 0.333. The lowest BCUT2D eigenvalue weighted by molar-refractivity contribution is 0.0924. The molecule has 0 aromatic heterocycles. The first-order valence-electron chi connectivity index (χ1n) is 9.00. The van der Waals surface area contributed by atoms with E-state index >= 15 is 0 Å². The van der Waals surface area contributed by atoms with Gasteiger partial charge in [-0.05, 0) is 31.5 Å². The molecule has 0 radical (unpaired) electrons. The third-order valence-corrected chi connectivity index (χ3v) is 4.68. The van der Waals surface area contributed by atoms with Crippen molar-refractivity contribution < 1.29 is 19.4 Å². The minimum absolute atomic E-state index is 0.0749. The van der Waals surface area contributed by atoms with Gasteiger partial charge in [-0.1, -0.05) is 30.3 Å². The Morgan fingerprint density at radius 3 is 2.52 bits per heavy atom. The van der Waals surface area contributed by atoms with Crippen molar-refractivity contribution in [3.05, 3.63) is 64.7 Å². The lowest BCUT2D eigenvalue weighted by atomic mass is 9.87. The molecule has 6 nitrogen and oxygen atoms in total. The van der Waals surface area contributed by atoms with Crippen molar-refractivity contribution in [1.82, 2.24) is 10.6 Å². The van der Waals surface area contributed by atoms with Crippen LogP contribution in [-0.2, 0) is 0 Å². The summed E-state index contributed by atoms with van der Waals surface area (Å²) in [5, 5.41) is 14.7. The van der Waals surface area contributed by atoms with Crippen LogP contribution in [0.5, 0.6) is 5.75 Å². The van der Waals surface area contributed by atoms with Gasteiger partial charge in [0, 0.05) is 30.6 Å². The van der Waals surface area contributed by atoms with Crippen molar-refractivity contribution in [2.45, 2.75) is 32.0 Å². The maximum absolute atomic E-state index is 12.5. The maximum Gasteiger partial charge on any atom is 0.254 e. The zero-order valence-corrected chi connectivity index (χ0v) is 15.7. The van der Waals surface area contributed by atoms with Crippen LogP contribution in [0, 0.1) is 0 Å². The van der Waals surface area contributed by atoms with E-state index in [1.807, 2.05) is 37.3 Å². The highest BCUT2D eigenvalue weighted by Crippen LogP contribution is 2.44. The van der Waals surface area contributed by atoms with Crippen molar-refractivity contribution in [3.63, 3.8) is 0 Å². The summed E-state index contributed by atoms with van der Waals surface area (Å²) in [5.74, 6) is -0.204. The van der Waals surface area contributed by atoms with Crippen LogP contribution < -0.4 is 15.4 Å². The molecule has 2 amide bonds. The summed E-state index contributed by atoms with van der Waals surface area (Å²) in [5.41, 5.74) is 2.58. The molecule has 27 heavy (non-hydrogen) atoms. The van der Waals surface area contributed by atoms with Crippen molar-refractivity contribution in [1.29, 1.82) is 0 Å². The highest BCUT2D eigenvalue weighted by atomic mass is 16.5. The van der Waals surface area contributed by atoms with Gasteiger partial charge < -0.3 is 20.5 Å². The van der Waals surface area contributed by atoms with Gasteiger partial charge in [0.25, 0.3) is 11.8 Å². The number of benzene rings is 2. The number of amides is 2. The van der Waals surface area contributed by atoms with E-state index < -0.39 is 6.10 Å². The van der Waals surface area contributed by atoms with Crippen LogP contribution in [0.4, 0.5) is 0 Å². The van der Waals surface area contributed by atoms with Gasteiger partial charge in [-0.25, -0.2) is 0 Å². The first-order valence-corrected chi connectivity index (χ1v) is 9.00. The first-order chi connectivity index (χ1) is 12.9. The second-order valence-corrected chi connectivity index (χ2v) is 6.79. The molecule has 1 aliphatic heterocycles. The molecular formula is C21H24N2O4. The molecule has 0 fully saturated rings. The van der Waals surface area contributed by atoms with E-state index in [1.165, 1.54) is 6.07 Å². The zero-order valence-electron chi connectivity index (χ0n) is 15.7. The maximum atomic E-state index is 12.5. The summed E-state index contributed by atoms with van der Waals surface area (Å²) in [7, 11) is 1.54. The van der Waals surface area contributed by atoms with E-state index in [2.05, 4.69) is 10.6 Å². The normalized spacial score (nSPS) is 19.0. The first kappa shape index (κ1) is 18.9. The van der Waals surface area contributed by atoms with Crippen molar-refractivity contribution in [2.24, 2.45) is 0 Å². The topological polar surface area (TPSA) is 87.7 Å². The number of rotatable bonds is 5. The van der Waals surface area contributed by atoms with Crippen LogP contribution in [0.3, 0.4) is 0 Å². The molecular weight excluding hydrogens is 344 g/mol. The Kier molecular flexibility index (Phi) is 5.46. The Bertz CT molecular complexity index is 849. The highest BCUT2D eigenvalue weighted by Gasteiger charge is 2.36. The monoisotopic (exact) mass is 368 g/mol. The Balaban J connectivity index is 2.08. The van der Waals surface area contributed by atoms with Gasteiger partial charge in [0.1, 0.15) is 11.9 Å². The van der Waals surface area contributed by atoms with Crippen LogP contribution in [-0.4, -0.2) is 42.7 Å². The molecule has 0 aliphatic carbocycles. The summed E-state index contributed by atoms with van der Waals surface area (Å²) in [4.78, 5) is 24.9. The Hall–Kier alpha value is -2.86. The molecule has 0 saturated heterocycles. The molecule has 1 unspecified atom stereocenters. The van der Waals surface area contributed by atoms with E-state index in [1.54, 1.807) is 20.0 Å². The number of nitrogens with one attached hydrogen (secondary N) is 2. The third-order valence-electron chi connectivity index (χ3n) is 4.68. The van der Waals surface area contributed by atoms with Crippen molar-refractivity contribution in [3.8, 4) is 5.75 Å². The molecule has 0 bridgehead atoms. The molecule has 6 heteroatoms. The lowest BCUT2D eigenvalue weighted by Gasteiger charge is -2.15. The molecule has 3 atom stereocenters. The fourth-order valence-corrected chi connectivity index (χ4v) is 3.41. The predicted molar refractivity (Wildman–Crippen MR) is 102 cm³/mol. The molecule has 1 aliphatic rings. The minimum Gasteiger partial charge on any atom is -0.489 e.